The first-order chi connectivity index (χ1) is 17.0. The van der Waals surface area contributed by atoms with Crippen molar-refractivity contribution in [3.8, 4) is 5.75 Å². The number of aromatic nitrogens is 6. The van der Waals surface area contributed by atoms with Gasteiger partial charge in [-0.25, -0.2) is 14.4 Å². The number of aryl methyl sites for hydroxylation is 1. The zero-order valence-electron chi connectivity index (χ0n) is 21.5. The third-order valence-electron chi connectivity index (χ3n) is 7.42. The zero-order chi connectivity index (χ0) is 25.9. The van der Waals surface area contributed by atoms with Crippen LogP contribution in [0.15, 0.2) is 18.3 Å². The van der Waals surface area contributed by atoms with E-state index in [1.807, 2.05) is 31.6 Å². The number of ether oxygens (including phenoxy) is 1. The Hall–Kier alpha value is -3.47. The fourth-order valence-electron chi connectivity index (χ4n) is 5.00. The number of fused-ring (bicyclic) bond motifs is 3. The van der Waals surface area contributed by atoms with E-state index in [4.69, 9.17) is 25.7 Å². The van der Waals surface area contributed by atoms with Crippen LogP contribution in [0.1, 0.15) is 51.6 Å². The van der Waals surface area contributed by atoms with Crippen molar-refractivity contribution in [1.29, 1.82) is 0 Å². The number of nitrogen functional groups attached to an aromatic ring is 1. The number of hydrogen-bond donors (Lipinski definition) is 2. The Morgan fingerprint density at radius 2 is 1.97 bits per heavy atom. The molecule has 3 atom stereocenters. The lowest BCUT2D eigenvalue weighted by molar-refractivity contribution is 0.0645. The first kappa shape index (κ1) is 24.2. The molecule has 0 saturated carbocycles. The molecule has 1 aromatic carbocycles. The molecule has 1 aliphatic heterocycles. The maximum atomic E-state index is 14.3. The lowest BCUT2D eigenvalue weighted by Crippen LogP contribution is -2.39. The summed E-state index contributed by atoms with van der Waals surface area (Å²) in [6.07, 6.45) is 2.36. The van der Waals surface area contributed by atoms with E-state index in [-0.39, 0.29) is 11.9 Å². The van der Waals surface area contributed by atoms with Crippen LogP contribution in [0.3, 0.4) is 0 Å². The number of anilines is 2. The number of rotatable bonds is 5. The lowest BCUT2D eigenvalue weighted by Gasteiger charge is -2.36. The van der Waals surface area contributed by atoms with Gasteiger partial charge in [-0.15, -0.1) is 5.10 Å². The van der Waals surface area contributed by atoms with Crippen LogP contribution in [0.4, 0.5) is 16.0 Å². The molecule has 0 amide bonds. The number of benzene rings is 1. The summed E-state index contributed by atoms with van der Waals surface area (Å²) in [6, 6.07) is 2.67. The molecule has 0 aliphatic carbocycles. The van der Waals surface area contributed by atoms with Gasteiger partial charge in [-0.05, 0) is 46.1 Å². The summed E-state index contributed by atoms with van der Waals surface area (Å²) < 4.78 is 23.0. The molecule has 0 spiro atoms. The predicted octanol–water partition coefficient (Wildman–Crippen LogP) is 3.26. The van der Waals surface area contributed by atoms with Gasteiger partial charge in [-0.2, -0.15) is 9.61 Å². The van der Waals surface area contributed by atoms with E-state index in [0.717, 1.165) is 24.3 Å². The fourth-order valence-corrected chi connectivity index (χ4v) is 5.00. The minimum absolute atomic E-state index is 0.0334. The van der Waals surface area contributed by atoms with Gasteiger partial charge >= 0.3 is 0 Å². The molecule has 4 heterocycles. The van der Waals surface area contributed by atoms with Crippen LogP contribution in [0.5, 0.6) is 5.75 Å². The minimum atomic E-state index is -0.558. The lowest BCUT2D eigenvalue weighted by atomic mass is 9.89. The molecule has 1 aliphatic rings. The van der Waals surface area contributed by atoms with Crippen molar-refractivity contribution in [1.82, 2.24) is 29.4 Å². The van der Waals surface area contributed by atoms with E-state index in [9.17, 15) is 9.50 Å². The Morgan fingerprint density at radius 3 is 2.67 bits per heavy atom. The first-order valence-corrected chi connectivity index (χ1v) is 12.2. The minimum Gasteiger partial charge on any atom is -0.494 e. The van der Waals surface area contributed by atoms with E-state index >= 15 is 0 Å². The van der Waals surface area contributed by atoms with Gasteiger partial charge in [-0.1, -0.05) is 6.92 Å². The summed E-state index contributed by atoms with van der Waals surface area (Å²) in [5.41, 5.74) is 8.53. The molecule has 3 N–H and O–H groups in total. The number of halogens is 1. The second kappa shape index (κ2) is 8.58. The van der Waals surface area contributed by atoms with E-state index in [0.29, 0.717) is 40.6 Å². The number of aliphatic hydroxyl groups excluding tert-OH is 1. The molecule has 5 rings (SSSR count). The topological polar surface area (TPSA) is 120 Å². The monoisotopic (exact) mass is 496 g/mol. The molecule has 36 heavy (non-hydrogen) atoms. The average Bonchev–Trinajstić information content (AvgIpc) is 3.44. The third kappa shape index (κ3) is 3.91. The Labute approximate surface area is 208 Å². The van der Waals surface area contributed by atoms with Crippen molar-refractivity contribution in [3.63, 3.8) is 0 Å². The van der Waals surface area contributed by atoms with Crippen molar-refractivity contribution in [2.45, 2.75) is 58.6 Å². The number of hydrogen-bond acceptors (Lipinski definition) is 8. The maximum absolute atomic E-state index is 14.3. The Bertz CT molecular complexity index is 1440. The first-order valence-electron chi connectivity index (χ1n) is 12.2. The maximum Gasteiger partial charge on any atom is 0.223 e. The van der Waals surface area contributed by atoms with Crippen LogP contribution in [0, 0.1) is 18.7 Å². The van der Waals surface area contributed by atoms with Crippen molar-refractivity contribution >= 4 is 28.2 Å². The highest BCUT2D eigenvalue weighted by atomic mass is 19.1. The number of nitrogens with two attached hydrogens (primary N) is 1. The summed E-state index contributed by atoms with van der Waals surface area (Å²) in [7, 11) is 1.47. The number of nitrogens with zero attached hydrogens (tertiary/aromatic N) is 7. The van der Waals surface area contributed by atoms with E-state index in [2.05, 4.69) is 16.8 Å². The summed E-state index contributed by atoms with van der Waals surface area (Å²) in [4.78, 5) is 11.5. The highest BCUT2D eigenvalue weighted by Crippen LogP contribution is 2.35. The largest absolute Gasteiger partial charge is 0.494 e. The Kier molecular flexibility index (Phi) is 5.77. The number of piperidine rings is 1. The van der Waals surface area contributed by atoms with Crippen molar-refractivity contribution < 1.29 is 14.2 Å². The van der Waals surface area contributed by atoms with Gasteiger partial charge in [0, 0.05) is 31.3 Å². The van der Waals surface area contributed by atoms with Crippen LogP contribution in [-0.4, -0.2) is 60.8 Å². The molecule has 1 fully saturated rings. The molecule has 10 nitrogen and oxygen atoms in total. The molecule has 3 unspecified atom stereocenters. The van der Waals surface area contributed by atoms with Gasteiger partial charge < -0.3 is 20.5 Å². The smallest absolute Gasteiger partial charge is 0.223 e. The van der Waals surface area contributed by atoms with E-state index < -0.39 is 17.5 Å². The number of aliphatic hydroxyl groups is 1. The molecule has 11 heteroatoms. The van der Waals surface area contributed by atoms with Crippen LogP contribution in [0.2, 0.25) is 0 Å². The average molecular weight is 497 g/mol. The van der Waals surface area contributed by atoms with Gasteiger partial charge in [0.05, 0.1) is 35.5 Å². The molecule has 4 aromatic rings. The summed E-state index contributed by atoms with van der Waals surface area (Å²) in [6.45, 7) is 11.5. The Morgan fingerprint density at radius 1 is 1.22 bits per heavy atom. The quantitative estimate of drug-likeness (QED) is 0.432. The van der Waals surface area contributed by atoms with Crippen molar-refractivity contribution in [2.75, 3.05) is 30.8 Å². The van der Waals surface area contributed by atoms with Crippen LogP contribution >= 0.6 is 0 Å². The summed E-state index contributed by atoms with van der Waals surface area (Å²) in [5, 5.41) is 20.2. The van der Waals surface area contributed by atoms with Gasteiger partial charge in [-0.3, -0.25) is 4.68 Å². The molecule has 1 saturated heterocycles. The SMILES string of the molecule is COc1cc(F)cc2c1nc(N)n1nc(C3CC(C)CN(c4cn(C(C)(C)C(C)O)nc4C)C3)nc21. The standard InChI is InChI=1S/C25H33FN8O2/c1-13-7-16(11-32(10-13)19-12-33(30-14(19)2)25(4,5)15(3)35)22-29-23-18-8-17(26)9-20(36-6)21(18)28-24(27)34(23)31-22/h8-9,12-13,15-16,35H,7,10-11H2,1-6H3,(H2,27,28). The highest BCUT2D eigenvalue weighted by Gasteiger charge is 2.33. The van der Waals surface area contributed by atoms with Crippen LogP contribution in [0.25, 0.3) is 16.6 Å². The predicted molar refractivity (Wildman–Crippen MR) is 136 cm³/mol. The second-order valence-electron chi connectivity index (χ2n) is 10.5. The molecular weight excluding hydrogens is 463 g/mol. The number of methoxy groups -OCH3 is 1. The van der Waals surface area contributed by atoms with Gasteiger partial charge in [0.2, 0.25) is 5.95 Å². The molecular formula is C25H33FN8O2. The molecule has 0 bridgehead atoms. The van der Waals surface area contributed by atoms with Gasteiger partial charge in [0.15, 0.2) is 11.5 Å². The van der Waals surface area contributed by atoms with E-state index in [1.165, 1.54) is 23.8 Å². The molecule has 192 valence electrons. The van der Waals surface area contributed by atoms with Crippen LogP contribution in [-0.2, 0) is 5.54 Å². The van der Waals surface area contributed by atoms with Gasteiger partial charge in [0.25, 0.3) is 0 Å². The highest BCUT2D eigenvalue weighted by molar-refractivity contribution is 5.95. The van der Waals surface area contributed by atoms with Crippen molar-refractivity contribution in [3.05, 3.63) is 35.7 Å². The summed E-state index contributed by atoms with van der Waals surface area (Å²) in [5.74, 6) is 1.08. The normalized spacial score (nSPS) is 19.8. The molecule has 3 aromatic heterocycles. The zero-order valence-corrected chi connectivity index (χ0v) is 21.5. The van der Waals surface area contributed by atoms with Gasteiger partial charge in [0.1, 0.15) is 17.1 Å². The van der Waals surface area contributed by atoms with Crippen molar-refractivity contribution in [2.24, 2.45) is 5.92 Å². The van der Waals surface area contributed by atoms with Crippen LogP contribution < -0.4 is 15.4 Å². The third-order valence-corrected chi connectivity index (χ3v) is 7.42. The Balaban J connectivity index is 1.54. The van der Waals surface area contributed by atoms with E-state index in [1.54, 1.807) is 6.92 Å². The molecule has 0 radical (unpaired) electrons. The summed E-state index contributed by atoms with van der Waals surface area (Å²) >= 11 is 0. The second-order valence-corrected chi connectivity index (χ2v) is 10.5. The fraction of sp³-hybridized carbons (Fsp3) is 0.520.